The zero-order valence-electron chi connectivity index (χ0n) is 16.6. The molecular weight excluding hydrogens is 341 g/mol. The van der Waals surface area contributed by atoms with Gasteiger partial charge in [-0.25, -0.2) is 14.7 Å². The Balaban J connectivity index is 2.05. The Morgan fingerprint density at radius 1 is 1.11 bits per heavy atom. The maximum absolute atomic E-state index is 12.0. The van der Waals surface area contributed by atoms with Crippen LogP contribution < -0.4 is 0 Å². The molecule has 0 atom stereocenters. The van der Waals surface area contributed by atoms with E-state index >= 15 is 0 Å². The topological polar surface area (TPSA) is 39.2 Å². The van der Waals surface area contributed by atoms with Gasteiger partial charge in [0.25, 0.3) is 0 Å². The van der Waals surface area contributed by atoms with Crippen molar-refractivity contribution in [3.8, 4) is 0 Å². The monoisotopic (exact) mass is 367 g/mol. The van der Waals surface area contributed by atoms with Gasteiger partial charge in [-0.3, -0.25) is 0 Å². The molecule has 0 radical (unpaired) electrons. The summed E-state index contributed by atoms with van der Waals surface area (Å²) in [6, 6.07) is 7.72. The van der Waals surface area contributed by atoms with Crippen LogP contribution in [0.15, 0.2) is 37.0 Å². The number of nitrogens with zero attached hydrogens (tertiary/aromatic N) is 1. The summed E-state index contributed by atoms with van der Waals surface area (Å²) in [4.78, 5) is 18.4. The van der Waals surface area contributed by atoms with Crippen molar-refractivity contribution < 1.29 is 14.3 Å². The summed E-state index contributed by atoms with van der Waals surface area (Å²) in [6.07, 6.45) is 3.84. The number of rotatable bonds is 3. The Hall–Kier alpha value is -2.49. The summed E-state index contributed by atoms with van der Waals surface area (Å²) in [5.41, 5.74) is 6.84. The minimum atomic E-state index is -1.10. The van der Waals surface area contributed by atoms with E-state index in [1.165, 1.54) is 29.8 Å². The Morgan fingerprint density at radius 2 is 1.70 bits per heavy atom. The molecule has 142 valence electrons. The molecule has 1 aliphatic rings. The highest BCUT2D eigenvalue weighted by Gasteiger charge is 2.37. The third-order valence-electron chi connectivity index (χ3n) is 5.91. The van der Waals surface area contributed by atoms with Crippen LogP contribution in [0.3, 0.4) is 0 Å². The van der Waals surface area contributed by atoms with E-state index in [9.17, 15) is 9.32 Å². The third-order valence-corrected chi connectivity index (χ3v) is 5.91. The molecule has 1 aromatic carbocycles. The van der Waals surface area contributed by atoms with Gasteiger partial charge in [-0.1, -0.05) is 52.5 Å². The van der Waals surface area contributed by atoms with E-state index in [-0.39, 0.29) is 16.5 Å². The molecule has 0 aliphatic heterocycles. The molecule has 0 N–H and O–H groups in total. The molecule has 0 saturated carbocycles. The van der Waals surface area contributed by atoms with Crippen LogP contribution in [0.1, 0.15) is 78.8 Å². The van der Waals surface area contributed by atoms with E-state index in [4.69, 9.17) is 0 Å². The van der Waals surface area contributed by atoms with E-state index in [1.54, 1.807) is 6.07 Å². The highest BCUT2D eigenvalue weighted by Crippen LogP contribution is 2.47. The van der Waals surface area contributed by atoms with Crippen LogP contribution in [0.25, 0.3) is 5.57 Å². The van der Waals surface area contributed by atoms with E-state index < -0.39 is 5.97 Å². The fraction of sp³-hybridized carbons (Fsp3) is 0.391. The van der Waals surface area contributed by atoms with Gasteiger partial charge in [-0.2, -0.15) is 0 Å². The second-order valence-electron chi connectivity index (χ2n) is 8.76. The standard InChI is InChI=1S/C23H26FNO2/c1-14-11-18-19(23(5,6)10-9-22(18,3)4)12-17(14)15(2)16-7-8-20(25-13-16)21(26)27-24/h7-8,11-13H,2,9-10H2,1,3-6H3. The molecule has 0 amide bonds. The molecule has 3 nitrogen and oxygen atoms in total. The van der Waals surface area contributed by atoms with E-state index in [0.717, 1.165) is 28.7 Å². The van der Waals surface area contributed by atoms with Gasteiger partial charge in [0.15, 0.2) is 5.69 Å². The van der Waals surface area contributed by atoms with E-state index in [0.29, 0.717) is 0 Å². The van der Waals surface area contributed by atoms with Crippen LogP contribution in [0.4, 0.5) is 4.53 Å². The highest BCUT2D eigenvalue weighted by atomic mass is 19.3. The molecule has 0 bridgehead atoms. The smallest absolute Gasteiger partial charge is 0.248 e. The average molecular weight is 367 g/mol. The lowest BCUT2D eigenvalue weighted by atomic mass is 9.62. The molecule has 0 spiro atoms. The Labute approximate surface area is 160 Å². The number of aromatic nitrogens is 1. The van der Waals surface area contributed by atoms with Crippen molar-refractivity contribution in [1.29, 1.82) is 0 Å². The number of hydrogen-bond donors (Lipinski definition) is 0. The summed E-state index contributed by atoms with van der Waals surface area (Å²) < 4.78 is 12.0. The summed E-state index contributed by atoms with van der Waals surface area (Å²) in [5, 5.41) is 0. The summed E-state index contributed by atoms with van der Waals surface area (Å²) in [7, 11) is 0. The first-order valence-corrected chi connectivity index (χ1v) is 9.21. The van der Waals surface area contributed by atoms with Crippen LogP contribution in [0, 0.1) is 6.92 Å². The number of aryl methyl sites for hydroxylation is 1. The molecule has 1 heterocycles. The fourth-order valence-corrected chi connectivity index (χ4v) is 3.94. The molecule has 3 rings (SSSR count). The molecular formula is C23H26FNO2. The predicted octanol–water partition coefficient (Wildman–Crippen LogP) is 5.84. The molecule has 2 aromatic rings. The largest absolute Gasteiger partial charge is 0.397 e. The zero-order valence-corrected chi connectivity index (χ0v) is 16.6. The highest BCUT2D eigenvalue weighted by molar-refractivity contribution is 5.87. The van der Waals surface area contributed by atoms with Crippen molar-refractivity contribution in [3.63, 3.8) is 0 Å². The quantitative estimate of drug-likeness (QED) is 0.684. The summed E-state index contributed by atoms with van der Waals surface area (Å²) in [5.74, 6) is -1.10. The van der Waals surface area contributed by atoms with Crippen molar-refractivity contribution in [2.45, 2.75) is 58.3 Å². The van der Waals surface area contributed by atoms with Gasteiger partial charge in [0.2, 0.25) is 0 Å². The lowest BCUT2D eigenvalue weighted by Crippen LogP contribution is -2.34. The Bertz CT molecular complexity index is 911. The average Bonchev–Trinajstić information content (AvgIpc) is 2.64. The van der Waals surface area contributed by atoms with Crippen LogP contribution in [-0.2, 0) is 15.8 Å². The first-order valence-electron chi connectivity index (χ1n) is 9.21. The lowest BCUT2D eigenvalue weighted by molar-refractivity contribution is -0.0793. The van der Waals surface area contributed by atoms with Crippen molar-refractivity contribution in [1.82, 2.24) is 4.98 Å². The summed E-state index contributed by atoms with van der Waals surface area (Å²) >= 11 is 0. The van der Waals surface area contributed by atoms with Gasteiger partial charge in [0.05, 0.1) is 0 Å². The van der Waals surface area contributed by atoms with Gasteiger partial charge in [0, 0.05) is 16.3 Å². The van der Waals surface area contributed by atoms with Gasteiger partial charge in [-0.15, -0.1) is 0 Å². The molecule has 0 fully saturated rings. The number of halogens is 1. The number of pyridine rings is 1. The number of carbonyl (C=O) groups excluding carboxylic acids is 1. The van der Waals surface area contributed by atoms with E-state index in [2.05, 4.69) is 63.3 Å². The third kappa shape index (κ3) is 3.41. The van der Waals surface area contributed by atoms with Gasteiger partial charge >= 0.3 is 5.97 Å². The molecule has 0 saturated heterocycles. The van der Waals surface area contributed by atoms with Gasteiger partial charge in [-0.05, 0) is 64.5 Å². The minimum absolute atomic E-state index is 0.0703. The Kier molecular flexibility index (Phi) is 4.71. The van der Waals surface area contributed by atoms with Crippen molar-refractivity contribution >= 4 is 11.5 Å². The van der Waals surface area contributed by atoms with Gasteiger partial charge < -0.3 is 0 Å². The van der Waals surface area contributed by atoms with Crippen LogP contribution in [-0.4, -0.2) is 11.0 Å². The SMILES string of the molecule is C=C(c1ccc(C(=O)OF)nc1)c1cc2c(cc1C)C(C)(C)CCC2(C)C. The van der Waals surface area contributed by atoms with Crippen LogP contribution in [0.2, 0.25) is 0 Å². The molecule has 1 aromatic heterocycles. The second kappa shape index (κ2) is 6.59. The van der Waals surface area contributed by atoms with Gasteiger partial charge in [0.1, 0.15) is 0 Å². The summed E-state index contributed by atoms with van der Waals surface area (Å²) in [6.45, 7) is 15.6. The normalized spacial score (nSPS) is 17.1. The number of fused-ring (bicyclic) bond motifs is 1. The minimum Gasteiger partial charge on any atom is -0.248 e. The number of benzene rings is 1. The number of carbonyl (C=O) groups is 1. The lowest BCUT2D eigenvalue weighted by Gasteiger charge is -2.42. The predicted molar refractivity (Wildman–Crippen MR) is 105 cm³/mol. The van der Waals surface area contributed by atoms with Crippen LogP contribution in [0.5, 0.6) is 0 Å². The molecule has 1 aliphatic carbocycles. The zero-order chi connectivity index (χ0) is 20.0. The van der Waals surface area contributed by atoms with Crippen molar-refractivity contribution in [2.24, 2.45) is 0 Å². The maximum atomic E-state index is 12.0. The second-order valence-corrected chi connectivity index (χ2v) is 8.76. The van der Waals surface area contributed by atoms with Crippen molar-refractivity contribution in [3.05, 3.63) is 70.6 Å². The molecule has 0 unspecified atom stereocenters. The van der Waals surface area contributed by atoms with Crippen LogP contribution >= 0.6 is 0 Å². The van der Waals surface area contributed by atoms with Crippen molar-refractivity contribution in [2.75, 3.05) is 0 Å². The fourth-order valence-electron chi connectivity index (χ4n) is 3.94. The first kappa shape index (κ1) is 19.3. The first-order chi connectivity index (χ1) is 12.6. The Morgan fingerprint density at radius 3 is 2.22 bits per heavy atom. The molecule has 4 heteroatoms. The maximum Gasteiger partial charge on any atom is 0.397 e. The molecule has 27 heavy (non-hydrogen) atoms. The number of hydrogen-bond acceptors (Lipinski definition) is 3. The van der Waals surface area contributed by atoms with E-state index in [1.807, 2.05) is 0 Å².